The first kappa shape index (κ1) is 29.6. The molecule has 2 atom stereocenters. The number of nitrogens with one attached hydrogen (secondary N) is 2. The van der Waals surface area contributed by atoms with Gasteiger partial charge in [0.2, 0.25) is 11.8 Å². The fraction of sp³-hybridized carbons (Fsp3) is 0.161. The maximum absolute atomic E-state index is 12.4. The van der Waals surface area contributed by atoms with Crippen LogP contribution in [0.3, 0.4) is 0 Å². The highest BCUT2D eigenvalue weighted by Crippen LogP contribution is 2.34. The molecule has 0 saturated heterocycles. The summed E-state index contributed by atoms with van der Waals surface area (Å²) in [6.45, 7) is 0. The predicted molar refractivity (Wildman–Crippen MR) is 153 cm³/mol. The molecule has 0 bridgehead atoms. The van der Waals surface area contributed by atoms with E-state index in [2.05, 4.69) is 14.8 Å². The van der Waals surface area contributed by atoms with Crippen LogP contribution in [0.1, 0.15) is 34.1 Å². The maximum Gasteiger partial charge on any atom is 0.534 e. The smallest absolute Gasteiger partial charge is 0.508 e. The van der Waals surface area contributed by atoms with Crippen molar-refractivity contribution in [2.75, 3.05) is 10.6 Å². The van der Waals surface area contributed by atoms with E-state index in [4.69, 9.17) is 0 Å². The van der Waals surface area contributed by atoms with Gasteiger partial charge in [0.1, 0.15) is 11.5 Å². The van der Waals surface area contributed by atoms with E-state index in [1.807, 2.05) is 42.5 Å². The number of fused-ring (bicyclic) bond motifs is 2. The standard InChI is InChI=1S/C16H12F3NO4S.C15H13NO2/c17-16(18,19)25(22,23)24-12-6-3-5-10(8-12)13-9-11-4-1-2-7-14(11)20-15(13)21;17-12-6-3-5-10(8-12)13-9-11-4-1-2-7-14(11)16-15(13)18/h1-8,13H,9H2,(H,20,21);1-8,13,17H,9H2,(H,16,18). The number of phenols is 1. The van der Waals surface area contributed by atoms with Crippen molar-refractivity contribution in [1.29, 1.82) is 0 Å². The molecule has 12 heteroatoms. The van der Waals surface area contributed by atoms with E-state index in [-0.39, 0.29) is 23.5 Å². The van der Waals surface area contributed by atoms with Gasteiger partial charge in [-0.15, -0.1) is 0 Å². The van der Waals surface area contributed by atoms with Crippen LogP contribution in [0.5, 0.6) is 11.5 Å². The molecule has 2 aliphatic heterocycles. The van der Waals surface area contributed by atoms with Gasteiger partial charge < -0.3 is 19.9 Å². The number of aromatic hydroxyl groups is 1. The minimum atomic E-state index is -5.76. The Hall–Kier alpha value is -4.84. The SMILES string of the molecule is O=C1Nc2ccccc2CC1c1cccc(O)c1.O=C1Nc2ccccc2CC1c1cccc(OS(=O)(=O)C(F)(F)F)c1. The lowest BCUT2D eigenvalue weighted by atomic mass is 9.87. The van der Waals surface area contributed by atoms with E-state index in [0.29, 0.717) is 24.1 Å². The Bertz CT molecular complexity index is 1790. The molecule has 0 aliphatic carbocycles. The summed E-state index contributed by atoms with van der Waals surface area (Å²) in [4.78, 5) is 24.3. The topological polar surface area (TPSA) is 122 Å². The van der Waals surface area contributed by atoms with Gasteiger partial charge in [0.25, 0.3) is 0 Å². The van der Waals surface area contributed by atoms with Crippen molar-refractivity contribution in [3.63, 3.8) is 0 Å². The Labute approximate surface area is 245 Å². The van der Waals surface area contributed by atoms with Crippen molar-refractivity contribution in [3.8, 4) is 11.5 Å². The van der Waals surface area contributed by atoms with Gasteiger partial charge in [0.05, 0.1) is 11.8 Å². The Morgan fingerprint density at radius 3 is 1.70 bits per heavy atom. The third-order valence-corrected chi connectivity index (χ3v) is 8.03. The second-order valence-electron chi connectivity index (χ2n) is 9.96. The van der Waals surface area contributed by atoms with Crippen molar-refractivity contribution in [1.82, 2.24) is 0 Å². The van der Waals surface area contributed by atoms with Crippen molar-refractivity contribution < 1.29 is 40.5 Å². The molecule has 0 aromatic heterocycles. The third-order valence-electron chi connectivity index (χ3n) is 7.05. The van der Waals surface area contributed by atoms with Crippen LogP contribution < -0.4 is 14.8 Å². The van der Waals surface area contributed by atoms with Gasteiger partial charge >= 0.3 is 15.6 Å². The number of para-hydroxylation sites is 2. The largest absolute Gasteiger partial charge is 0.534 e. The second-order valence-corrected chi connectivity index (χ2v) is 11.5. The van der Waals surface area contributed by atoms with E-state index in [1.165, 1.54) is 12.1 Å². The van der Waals surface area contributed by atoms with Crippen LogP contribution >= 0.6 is 0 Å². The van der Waals surface area contributed by atoms with E-state index in [1.54, 1.807) is 30.3 Å². The van der Waals surface area contributed by atoms with Gasteiger partial charge in [-0.25, -0.2) is 0 Å². The number of carbonyl (C=O) groups is 2. The number of anilines is 2. The summed E-state index contributed by atoms with van der Waals surface area (Å²) in [5, 5.41) is 15.1. The lowest BCUT2D eigenvalue weighted by molar-refractivity contribution is -0.118. The van der Waals surface area contributed by atoms with Gasteiger partial charge in [-0.3, -0.25) is 9.59 Å². The fourth-order valence-electron chi connectivity index (χ4n) is 4.94. The summed E-state index contributed by atoms with van der Waals surface area (Å²) < 4.78 is 63.6. The molecule has 0 spiro atoms. The number of carbonyl (C=O) groups excluding carboxylic acids is 2. The van der Waals surface area contributed by atoms with Crippen molar-refractivity contribution >= 4 is 33.3 Å². The zero-order valence-corrected chi connectivity index (χ0v) is 23.2. The van der Waals surface area contributed by atoms with E-state index < -0.39 is 27.3 Å². The Balaban J connectivity index is 0.000000180. The van der Waals surface area contributed by atoms with Crippen LogP contribution in [-0.2, 0) is 32.5 Å². The molecule has 43 heavy (non-hydrogen) atoms. The molecular weight excluding hydrogens is 585 g/mol. The highest BCUT2D eigenvalue weighted by Gasteiger charge is 2.48. The molecule has 3 N–H and O–H groups in total. The number of rotatable bonds is 4. The van der Waals surface area contributed by atoms with Crippen LogP contribution in [-0.4, -0.2) is 30.8 Å². The summed E-state index contributed by atoms with van der Waals surface area (Å²) in [7, 11) is -5.76. The molecule has 0 radical (unpaired) electrons. The first-order chi connectivity index (χ1) is 20.4. The summed E-state index contributed by atoms with van der Waals surface area (Å²) >= 11 is 0. The molecule has 2 amide bonds. The monoisotopic (exact) mass is 610 g/mol. The zero-order valence-electron chi connectivity index (χ0n) is 22.3. The lowest BCUT2D eigenvalue weighted by Crippen LogP contribution is -2.29. The molecule has 2 aliphatic rings. The predicted octanol–water partition coefficient (Wildman–Crippen LogP) is 5.86. The van der Waals surface area contributed by atoms with Crippen LogP contribution in [0.15, 0.2) is 97.1 Å². The average molecular weight is 611 g/mol. The number of alkyl halides is 3. The molecule has 2 heterocycles. The van der Waals surface area contributed by atoms with Crippen molar-refractivity contribution in [2.24, 2.45) is 0 Å². The van der Waals surface area contributed by atoms with Gasteiger partial charge in [0.15, 0.2) is 0 Å². The molecule has 222 valence electrons. The minimum absolute atomic E-state index is 0.0145. The molecule has 0 saturated carbocycles. The molecule has 0 fully saturated rings. The zero-order chi connectivity index (χ0) is 30.8. The van der Waals surface area contributed by atoms with E-state index in [0.717, 1.165) is 34.5 Å². The number of phenolic OH excluding ortho intramolecular Hbond substituents is 1. The van der Waals surface area contributed by atoms with Gasteiger partial charge in [-0.2, -0.15) is 21.6 Å². The molecular formula is C31H25F3N2O6S. The Morgan fingerprint density at radius 1 is 0.698 bits per heavy atom. The van der Waals surface area contributed by atoms with Crippen LogP contribution in [0.4, 0.5) is 24.5 Å². The summed E-state index contributed by atoms with van der Waals surface area (Å²) in [6.07, 6.45) is 1.02. The first-order valence-electron chi connectivity index (χ1n) is 13.1. The van der Waals surface area contributed by atoms with Gasteiger partial charge in [-0.1, -0.05) is 60.7 Å². The highest BCUT2D eigenvalue weighted by molar-refractivity contribution is 7.88. The van der Waals surface area contributed by atoms with Crippen molar-refractivity contribution in [2.45, 2.75) is 30.2 Å². The van der Waals surface area contributed by atoms with Crippen LogP contribution in [0, 0.1) is 0 Å². The molecule has 4 aromatic rings. The number of hydrogen-bond acceptors (Lipinski definition) is 6. The number of halogens is 3. The Morgan fingerprint density at radius 2 is 1.19 bits per heavy atom. The van der Waals surface area contributed by atoms with Gasteiger partial charge in [0, 0.05) is 11.4 Å². The molecule has 2 unspecified atom stereocenters. The summed E-state index contributed by atoms with van der Waals surface area (Å²) in [5.74, 6) is -1.53. The minimum Gasteiger partial charge on any atom is -0.508 e. The summed E-state index contributed by atoms with van der Waals surface area (Å²) in [6, 6.07) is 26.9. The van der Waals surface area contributed by atoms with E-state index >= 15 is 0 Å². The third kappa shape index (κ3) is 6.64. The highest BCUT2D eigenvalue weighted by atomic mass is 32.2. The average Bonchev–Trinajstić information content (AvgIpc) is 2.96. The molecule has 6 rings (SSSR count). The molecule has 4 aromatic carbocycles. The maximum atomic E-state index is 12.4. The van der Waals surface area contributed by atoms with Crippen LogP contribution in [0.2, 0.25) is 0 Å². The van der Waals surface area contributed by atoms with Crippen molar-refractivity contribution in [3.05, 3.63) is 119 Å². The van der Waals surface area contributed by atoms with E-state index in [9.17, 15) is 36.3 Å². The quantitative estimate of drug-likeness (QED) is 0.197. The van der Waals surface area contributed by atoms with Crippen LogP contribution in [0.25, 0.3) is 0 Å². The normalized spacial score (nSPS) is 17.7. The number of hydrogen-bond donors (Lipinski definition) is 3. The summed E-state index contributed by atoms with van der Waals surface area (Å²) in [5.41, 5.74) is -0.741. The number of amides is 2. The Kier molecular flexibility index (Phi) is 8.14. The van der Waals surface area contributed by atoms with Gasteiger partial charge in [-0.05, 0) is 71.5 Å². The molecule has 8 nitrogen and oxygen atoms in total. The second kappa shape index (κ2) is 11.8. The lowest BCUT2D eigenvalue weighted by Gasteiger charge is -2.25. The first-order valence-corrected chi connectivity index (χ1v) is 14.5. The fourth-order valence-corrected chi connectivity index (χ4v) is 5.39. The number of benzene rings is 4.